The average Bonchev–Trinajstić information content (AvgIpc) is 3.03. The standard InChI is InChI=1S/C16H13N3O3/c20-16(12-3-1-2-10-9-17-19-15(10)12)18-11-4-5-13-14(8-11)22-7-6-21-13/h1-5,8-9H,6-7H2,(H,17,19)(H,18,20). The number of anilines is 1. The average molecular weight is 295 g/mol. The van der Waals surface area contributed by atoms with Crippen molar-refractivity contribution in [2.24, 2.45) is 0 Å². The molecule has 1 aliphatic heterocycles. The molecule has 0 fully saturated rings. The highest BCUT2D eigenvalue weighted by atomic mass is 16.6. The minimum Gasteiger partial charge on any atom is -0.486 e. The fourth-order valence-corrected chi connectivity index (χ4v) is 2.48. The molecule has 3 aromatic rings. The SMILES string of the molecule is O=C(Nc1ccc2c(c1)OCCO2)c1cccc2cn[nH]c12. The van der Waals surface area contributed by atoms with Gasteiger partial charge in [0.1, 0.15) is 13.2 Å². The zero-order valence-electron chi connectivity index (χ0n) is 11.6. The number of nitrogens with one attached hydrogen (secondary N) is 2. The van der Waals surface area contributed by atoms with Gasteiger partial charge in [0.15, 0.2) is 11.5 Å². The van der Waals surface area contributed by atoms with Gasteiger partial charge in [-0.15, -0.1) is 0 Å². The molecule has 22 heavy (non-hydrogen) atoms. The number of aromatic amines is 1. The molecular weight excluding hydrogens is 282 g/mol. The Balaban J connectivity index is 1.63. The van der Waals surface area contributed by atoms with Crippen LogP contribution in [-0.4, -0.2) is 29.3 Å². The molecule has 110 valence electrons. The molecule has 4 rings (SSSR count). The quantitative estimate of drug-likeness (QED) is 0.762. The summed E-state index contributed by atoms with van der Waals surface area (Å²) in [6.07, 6.45) is 1.69. The number of amides is 1. The van der Waals surface area contributed by atoms with E-state index in [0.717, 1.165) is 10.9 Å². The summed E-state index contributed by atoms with van der Waals surface area (Å²) in [5, 5.41) is 10.6. The first kappa shape index (κ1) is 12.7. The summed E-state index contributed by atoms with van der Waals surface area (Å²) in [4.78, 5) is 12.5. The van der Waals surface area contributed by atoms with E-state index in [-0.39, 0.29) is 5.91 Å². The van der Waals surface area contributed by atoms with E-state index in [1.165, 1.54) is 0 Å². The van der Waals surface area contributed by atoms with Crippen LogP contribution in [0.1, 0.15) is 10.4 Å². The van der Waals surface area contributed by atoms with Gasteiger partial charge in [-0.25, -0.2) is 0 Å². The van der Waals surface area contributed by atoms with Gasteiger partial charge in [0.2, 0.25) is 0 Å². The minimum atomic E-state index is -0.202. The van der Waals surface area contributed by atoms with E-state index >= 15 is 0 Å². The fourth-order valence-electron chi connectivity index (χ4n) is 2.48. The molecule has 2 heterocycles. The highest BCUT2D eigenvalue weighted by molar-refractivity contribution is 6.11. The summed E-state index contributed by atoms with van der Waals surface area (Å²) < 4.78 is 11.0. The van der Waals surface area contributed by atoms with Crippen molar-refractivity contribution in [3.05, 3.63) is 48.2 Å². The van der Waals surface area contributed by atoms with Gasteiger partial charge in [-0.3, -0.25) is 9.89 Å². The molecule has 0 spiro atoms. The summed E-state index contributed by atoms with van der Waals surface area (Å²) in [5.41, 5.74) is 1.92. The number of carbonyl (C=O) groups is 1. The third-order valence-electron chi connectivity index (χ3n) is 3.52. The Kier molecular flexibility index (Phi) is 2.93. The summed E-state index contributed by atoms with van der Waals surface area (Å²) >= 11 is 0. The van der Waals surface area contributed by atoms with Gasteiger partial charge in [-0.2, -0.15) is 5.10 Å². The first-order valence-corrected chi connectivity index (χ1v) is 6.94. The predicted molar refractivity (Wildman–Crippen MR) is 81.5 cm³/mol. The molecule has 0 aliphatic carbocycles. The molecular formula is C16H13N3O3. The highest BCUT2D eigenvalue weighted by Crippen LogP contribution is 2.32. The number of benzene rings is 2. The number of H-pyrrole nitrogens is 1. The molecule has 6 nitrogen and oxygen atoms in total. The molecule has 2 aromatic carbocycles. The number of hydrogen-bond donors (Lipinski definition) is 2. The molecule has 0 radical (unpaired) electrons. The van der Waals surface area contributed by atoms with Crippen LogP contribution in [0.4, 0.5) is 5.69 Å². The third-order valence-corrected chi connectivity index (χ3v) is 3.52. The first-order valence-electron chi connectivity index (χ1n) is 6.94. The van der Waals surface area contributed by atoms with Gasteiger partial charge in [0, 0.05) is 17.1 Å². The summed E-state index contributed by atoms with van der Waals surface area (Å²) in [6, 6.07) is 10.8. The molecule has 0 bridgehead atoms. The third kappa shape index (κ3) is 2.14. The van der Waals surface area contributed by atoms with Crippen molar-refractivity contribution in [3.8, 4) is 11.5 Å². The van der Waals surface area contributed by atoms with E-state index in [1.807, 2.05) is 12.1 Å². The maximum Gasteiger partial charge on any atom is 0.257 e. The number of fused-ring (bicyclic) bond motifs is 2. The largest absolute Gasteiger partial charge is 0.486 e. The summed E-state index contributed by atoms with van der Waals surface area (Å²) in [6.45, 7) is 1.05. The Labute approximate surface area is 126 Å². The number of ether oxygens (including phenoxy) is 2. The van der Waals surface area contributed by atoms with Gasteiger partial charge >= 0.3 is 0 Å². The van der Waals surface area contributed by atoms with Crippen LogP contribution in [0.5, 0.6) is 11.5 Å². The summed E-state index contributed by atoms with van der Waals surface area (Å²) in [7, 11) is 0. The normalized spacial score (nSPS) is 13.1. The Morgan fingerprint density at radius 3 is 2.91 bits per heavy atom. The number of hydrogen-bond acceptors (Lipinski definition) is 4. The number of para-hydroxylation sites is 1. The second-order valence-corrected chi connectivity index (χ2v) is 4.95. The van der Waals surface area contributed by atoms with Gasteiger partial charge in [-0.05, 0) is 18.2 Å². The van der Waals surface area contributed by atoms with Crippen molar-refractivity contribution in [2.45, 2.75) is 0 Å². The van der Waals surface area contributed by atoms with E-state index in [2.05, 4.69) is 15.5 Å². The monoisotopic (exact) mass is 295 g/mol. The Morgan fingerprint density at radius 2 is 2.00 bits per heavy atom. The highest BCUT2D eigenvalue weighted by Gasteiger charge is 2.15. The lowest BCUT2D eigenvalue weighted by atomic mass is 10.1. The smallest absolute Gasteiger partial charge is 0.257 e. The molecule has 1 amide bonds. The topological polar surface area (TPSA) is 76.2 Å². The van der Waals surface area contributed by atoms with E-state index in [4.69, 9.17) is 9.47 Å². The number of aromatic nitrogens is 2. The maximum absolute atomic E-state index is 12.5. The molecule has 1 aromatic heterocycles. The fraction of sp³-hybridized carbons (Fsp3) is 0.125. The van der Waals surface area contributed by atoms with Crippen molar-refractivity contribution in [2.75, 3.05) is 18.5 Å². The molecule has 0 saturated heterocycles. The van der Waals surface area contributed by atoms with Crippen LogP contribution in [0.3, 0.4) is 0 Å². The van der Waals surface area contributed by atoms with Gasteiger partial charge < -0.3 is 14.8 Å². The minimum absolute atomic E-state index is 0.202. The van der Waals surface area contributed by atoms with Crippen LogP contribution in [-0.2, 0) is 0 Å². The van der Waals surface area contributed by atoms with E-state index in [9.17, 15) is 4.79 Å². The second-order valence-electron chi connectivity index (χ2n) is 4.95. The van der Waals surface area contributed by atoms with Crippen molar-refractivity contribution < 1.29 is 14.3 Å². The van der Waals surface area contributed by atoms with Crippen molar-refractivity contribution in [1.82, 2.24) is 10.2 Å². The second kappa shape index (κ2) is 5.07. The van der Waals surface area contributed by atoms with Crippen molar-refractivity contribution in [1.29, 1.82) is 0 Å². The van der Waals surface area contributed by atoms with Crippen LogP contribution in [0.2, 0.25) is 0 Å². The maximum atomic E-state index is 12.5. The van der Waals surface area contributed by atoms with Gasteiger partial charge in [-0.1, -0.05) is 12.1 Å². The van der Waals surface area contributed by atoms with Crippen LogP contribution in [0, 0.1) is 0 Å². The molecule has 1 aliphatic rings. The molecule has 0 saturated carbocycles. The lowest BCUT2D eigenvalue weighted by molar-refractivity contribution is 0.102. The number of rotatable bonds is 2. The lowest BCUT2D eigenvalue weighted by Crippen LogP contribution is -2.16. The Hall–Kier alpha value is -3.02. The van der Waals surface area contributed by atoms with Crippen molar-refractivity contribution >= 4 is 22.5 Å². The lowest BCUT2D eigenvalue weighted by Gasteiger charge is -2.19. The Morgan fingerprint density at radius 1 is 1.14 bits per heavy atom. The van der Waals surface area contributed by atoms with Crippen LogP contribution in [0.25, 0.3) is 10.9 Å². The van der Waals surface area contributed by atoms with Gasteiger partial charge in [0.05, 0.1) is 17.3 Å². The van der Waals surface area contributed by atoms with Crippen LogP contribution in [0.15, 0.2) is 42.6 Å². The van der Waals surface area contributed by atoms with Crippen LogP contribution < -0.4 is 14.8 Å². The zero-order chi connectivity index (χ0) is 14.9. The van der Waals surface area contributed by atoms with Crippen LogP contribution >= 0.6 is 0 Å². The molecule has 0 unspecified atom stereocenters. The predicted octanol–water partition coefficient (Wildman–Crippen LogP) is 2.59. The number of carbonyl (C=O) groups excluding carboxylic acids is 1. The zero-order valence-corrected chi connectivity index (χ0v) is 11.6. The Bertz CT molecular complexity index is 857. The van der Waals surface area contributed by atoms with E-state index in [0.29, 0.717) is 36.0 Å². The molecule has 0 atom stereocenters. The molecule has 6 heteroatoms. The first-order chi connectivity index (χ1) is 10.8. The van der Waals surface area contributed by atoms with E-state index in [1.54, 1.807) is 30.5 Å². The van der Waals surface area contributed by atoms with Gasteiger partial charge in [0.25, 0.3) is 5.91 Å². The number of nitrogens with zero attached hydrogens (tertiary/aromatic N) is 1. The van der Waals surface area contributed by atoms with Crippen molar-refractivity contribution in [3.63, 3.8) is 0 Å². The summed E-state index contributed by atoms with van der Waals surface area (Å²) in [5.74, 6) is 1.13. The van der Waals surface area contributed by atoms with E-state index < -0.39 is 0 Å². The molecule has 2 N–H and O–H groups in total.